The van der Waals surface area contributed by atoms with E-state index in [0.29, 0.717) is 25.9 Å². The largest absolute Gasteiger partial charge is 0.342 e. The summed E-state index contributed by atoms with van der Waals surface area (Å²) >= 11 is 0. The Hall–Kier alpha value is -2.83. The van der Waals surface area contributed by atoms with E-state index in [2.05, 4.69) is 5.32 Å². The zero-order valence-corrected chi connectivity index (χ0v) is 14.6. The van der Waals surface area contributed by atoms with Crippen LogP contribution in [0, 0.1) is 23.4 Å². The molecule has 0 atom stereocenters. The maximum Gasteiger partial charge on any atom is 0.227 e. The summed E-state index contributed by atoms with van der Waals surface area (Å²) < 4.78 is 39.1. The first-order chi connectivity index (χ1) is 12.9. The van der Waals surface area contributed by atoms with Gasteiger partial charge in [0.1, 0.15) is 5.82 Å². The van der Waals surface area contributed by atoms with Crippen LogP contribution in [0.3, 0.4) is 0 Å². The summed E-state index contributed by atoms with van der Waals surface area (Å²) in [4.78, 5) is 26.3. The second-order valence-corrected chi connectivity index (χ2v) is 6.58. The van der Waals surface area contributed by atoms with Gasteiger partial charge in [0.2, 0.25) is 11.8 Å². The van der Waals surface area contributed by atoms with E-state index in [0.717, 1.165) is 17.7 Å². The van der Waals surface area contributed by atoms with E-state index in [9.17, 15) is 22.8 Å². The fraction of sp³-hybridized carbons (Fsp3) is 0.300. The number of nitrogens with zero attached hydrogens (tertiary/aromatic N) is 1. The number of likely N-dealkylation sites (tertiary alicyclic amines) is 1. The van der Waals surface area contributed by atoms with Crippen molar-refractivity contribution in [1.82, 2.24) is 4.90 Å². The lowest BCUT2D eigenvalue weighted by atomic mass is 9.95. The van der Waals surface area contributed by atoms with Crippen molar-refractivity contribution in [3.8, 4) is 0 Å². The number of nitrogens with one attached hydrogen (secondary N) is 1. The Morgan fingerprint density at radius 3 is 2.26 bits per heavy atom. The lowest BCUT2D eigenvalue weighted by Gasteiger charge is -2.31. The number of halogens is 3. The summed E-state index contributed by atoms with van der Waals surface area (Å²) in [6.07, 6.45) is 1.17. The molecule has 1 aliphatic heterocycles. The van der Waals surface area contributed by atoms with E-state index in [1.54, 1.807) is 17.0 Å². The SMILES string of the molecule is O=C(Nc1ccc(F)c(F)c1)C1CCN(C(=O)Cc2ccc(F)cc2)CC1. The van der Waals surface area contributed by atoms with Crippen molar-refractivity contribution in [2.24, 2.45) is 5.92 Å². The first kappa shape index (κ1) is 18.9. The molecule has 0 bridgehead atoms. The second kappa shape index (κ2) is 8.24. The van der Waals surface area contributed by atoms with Gasteiger partial charge in [0.15, 0.2) is 11.6 Å². The van der Waals surface area contributed by atoms with Crippen LogP contribution < -0.4 is 5.32 Å². The van der Waals surface area contributed by atoms with Gasteiger partial charge in [-0.25, -0.2) is 13.2 Å². The molecular formula is C20H19F3N2O2. The summed E-state index contributed by atoms with van der Waals surface area (Å²) in [7, 11) is 0. The third-order valence-electron chi connectivity index (χ3n) is 4.67. The minimum atomic E-state index is -1.02. The smallest absolute Gasteiger partial charge is 0.227 e. The molecule has 2 aromatic carbocycles. The Kier molecular flexibility index (Phi) is 5.78. The predicted molar refractivity (Wildman–Crippen MR) is 94.4 cm³/mol. The van der Waals surface area contributed by atoms with Crippen LogP contribution in [0.4, 0.5) is 18.9 Å². The van der Waals surface area contributed by atoms with E-state index in [1.807, 2.05) is 0 Å². The number of hydrogen-bond donors (Lipinski definition) is 1. The zero-order chi connectivity index (χ0) is 19.4. The maximum atomic E-state index is 13.2. The zero-order valence-electron chi connectivity index (χ0n) is 14.6. The first-order valence-corrected chi connectivity index (χ1v) is 8.70. The third-order valence-corrected chi connectivity index (χ3v) is 4.67. The number of rotatable bonds is 4. The fourth-order valence-corrected chi connectivity index (χ4v) is 3.10. The molecule has 1 heterocycles. The van der Waals surface area contributed by atoms with Gasteiger partial charge in [-0.15, -0.1) is 0 Å². The van der Waals surface area contributed by atoms with E-state index >= 15 is 0 Å². The quantitative estimate of drug-likeness (QED) is 0.888. The van der Waals surface area contributed by atoms with Crippen LogP contribution in [0.25, 0.3) is 0 Å². The van der Waals surface area contributed by atoms with Crippen LogP contribution >= 0.6 is 0 Å². The molecule has 0 saturated carbocycles. The van der Waals surface area contributed by atoms with E-state index in [4.69, 9.17) is 0 Å². The normalized spacial score (nSPS) is 14.9. The van der Waals surface area contributed by atoms with Gasteiger partial charge >= 0.3 is 0 Å². The van der Waals surface area contributed by atoms with Gasteiger partial charge in [0.05, 0.1) is 6.42 Å². The van der Waals surface area contributed by atoms with Crippen LogP contribution in [0.5, 0.6) is 0 Å². The molecule has 0 aliphatic carbocycles. The summed E-state index contributed by atoms with van der Waals surface area (Å²) in [6.45, 7) is 0.881. The molecule has 2 amide bonds. The van der Waals surface area contributed by atoms with Gasteiger partial charge < -0.3 is 10.2 Å². The van der Waals surface area contributed by atoms with Gasteiger partial charge in [-0.05, 0) is 42.7 Å². The average Bonchev–Trinajstić information content (AvgIpc) is 2.66. The van der Waals surface area contributed by atoms with E-state index in [1.165, 1.54) is 18.2 Å². The maximum absolute atomic E-state index is 13.2. The number of hydrogen-bond acceptors (Lipinski definition) is 2. The Morgan fingerprint density at radius 2 is 1.63 bits per heavy atom. The molecule has 2 aromatic rings. The lowest BCUT2D eigenvalue weighted by Crippen LogP contribution is -2.42. The number of piperidine rings is 1. The number of benzene rings is 2. The summed E-state index contributed by atoms with van der Waals surface area (Å²) in [5, 5.41) is 2.58. The summed E-state index contributed by atoms with van der Waals surface area (Å²) in [6, 6.07) is 8.99. The molecule has 7 heteroatoms. The van der Waals surface area contributed by atoms with Crippen molar-refractivity contribution >= 4 is 17.5 Å². The number of anilines is 1. The van der Waals surface area contributed by atoms with E-state index in [-0.39, 0.29) is 35.7 Å². The van der Waals surface area contributed by atoms with Crippen molar-refractivity contribution in [3.05, 3.63) is 65.5 Å². The molecule has 1 fully saturated rings. The molecule has 1 N–H and O–H groups in total. The molecular weight excluding hydrogens is 357 g/mol. The van der Waals surface area contributed by atoms with Crippen LogP contribution in [-0.4, -0.2) is 29.8 Å². The highest BCUT2D eigenvalue weighted by atomic mass is 19.2. The van der Waals surface area contributed by atoms with Crippen molar-refractivity contribution in [3.63, 3.8) is 0 Å². The molecule has 0 unspecified atom stereocenters. The molecule has 0 radical (unpaired) electrons. The summed E-state index contributed by atoms with van der Waals surface area (Å²) in [5.74, 6) is -2.98. The Bertz CT molecular complexity index is 832. The Balaban J connectivity index is 1.50. The van der Waals surface area contributed by atoms with Crippen LogP contribution in [0.15, 0.2) is 42.5 Å². The Morgan fingerprint density at radius 1 is 0.963 bits per heavy atom. The Labute approximate surface area is 155 Å². The highest BCUT2D eigenvalue weighted by Crippen LogP contribution is 2.21. The number of carbonyl (C=O) groups excluding carboxylic acids is 2. The molecule has 27 heavy (non-hydrogen) atoms. The second-order valence-electron chi connectivity index (χ2n) is 6.58. The van der Waals surface area contributed by atoms with Gasteiger partial charge in [-0.1, -0.05) is 12.1 Å². The van der Waals surface area contributed by atoms with Gasteiger partial charge in [-0.3, -0.25) is 9.59 Å². The van der Waals surface area contributed by atoms with Crippen molar-refractivity contribution in [2.45, 2.75) is 19.3 Å². The monoisotopic (exact) mass is 376 g/mol. The molecule has 3 rings (SSSR count). The van der Waals surface area contributed by atoms with Gasteiger partial charge in [0, 0.05) is 30.8 Å². The lowest BCUT2D eigenvalue weighted by molar-refractivity contribution is -0.133. The molecule has 142 valence electrons. The molecule has 1 saturated heterocycles. The van der Waals surface area contributed by atoms with Crippen LogP contribution in [-0.2, 0) is 16.0 Å². The van der Waals surface area contributed by atoms with E-state index < -0.39 is 11.6 Å². The number of amides is 2. The average molecular weight is 376 g/mol. The molecule has 0 aromatic heterocycles. The predicted octanol–water partition coefficient (Wildman–Crippen LogP) is 3.52. The third kappa shape index (κ3) is 4.87. The molecule has 1 aliphatic rings. The minimum Gasteiger partial charge on any atom is -0.342 e. The van der Waals surface area contributed by atoms with Crippen LogP contribution in [0.1, 0.15) is 18.4 Å². The standard InChI is InChI=1S/C20H19F3N2O2/c21-15-3-1-13(2-4-15)11-19(26)25-9-7-14(8-10-25)20(27)24-16-5-6-17(22)18(23)12-16/h1-6,12,14H,7-11H2,(H,24,27). The topological polar surface area (TPSA) is 49.4 Å². The van der Waals surface area contributed by atoms with Crippen LogP contribution in [0.2, 0.25) is 0 Å². The van der Waals surface area contributed by atoms with Gasteiger partial charge in [-0.2, -0.15) is 0 Å². The van der Waals surface area contributed by atoms with Crippen molar-refractivity contribution in [1.29, 1.82) is 0 Å². The minimum absolute atomic E-state index is 0.0685. The summed E-state index contributed by atoms with van der Waals surface area (Å²) in [5.41, 5.74) is 0.938. The first-order valence-electron chi connectivity index (χ1n) is 8.70. The fourth-order valence-electron chi connectivity index (χ4n) is 3.10. The van der Waals surface area contributed by atoms with Crippen molar-refractivity contribution < 1.29 is 22.8 Å². The number of carbonyl (C=O) groups is 2. The highest BCUT2D eigenvalue weighted by molar-refractivity contribution is 5.92. The highest BCUT2D eigenvalue weighted by Gasteiger charge is 2.27. The molecule has 0 spiro atoms. The molecule has 4 nitrogen and oxygen atoms in total. The van der Waals surface area contributed by atoms with Crippen molar-refractivity contribution in [2.75, 3.05) is 18.4 Å². The van der Waals surface area contributed by atoms with Gasteiger partial charge in [0.25, 0.3) is 0 Å².